The quantitative estimate of drug-likeness (QED) is 0.472. The van der Waals surface area contributed by atoms with Gasteiger partial charge in [0.25, 0.3) is 5.69 Å². The van der Waals surface area contributed by atoms with E-state index in [1.807, 2.05) is 24.3 Å². The summed E-state index contributed by atoms with van der Waals surface area (Å²) in [6, 6.07) is 13.9. The molecule has 0 saturated heterocycles. The van der Waals surface area contributed by atoms with Gasteiger partial charge in [0.15, 0.2) is 0 Å². The number of methoxy groups -OCH3 is 1. The Hall–Kier alpha value is -2.95. The number of allylic oxidation sites excluding steroid dienone is 1. The number of benzene rings is 2. The van der Waals surface area contributed by atoms with Gasteiger partial charge < -0.3 is 4.74 Å². The largest absolute Gasteiger partial charge is 0.497 e. The van der Waals surface area contributed by atoms with E-state index in [2.05, 4.69) is 4.99 Å². The van der Waals surface area contributed by atoms with Crippen LogP contribution < -0.4 is 4.74 Å². The molecule has 0 heterocycles. The monoisotopic (exact) mass is 282 g/mol. The number of nitrogens with zero attached hydrogens (tertiary/aromatic N) is 2. The number of nitro benzene ring substituents is 1. The van der Waals surface area contributed by atoms with Crippen LogP contribution in [-0.4, -0.2) is 18.2 Å². The Bertz CT molecular complexity index is 676. The van der Waals surface area contributed by atoms with Gasteiger partial charge in [0, 0.05) is 12.3 Å². The lowest BCUT2D eigenvalue weighted by molar-refractivity contribution is -0.385. The fourth-order valence-electron chi connectivity index (χ4n) is 1.74. The van der Waals surface area contributed by atoms with Gasteiger partial charge in [-0.05, 0) is 42.5 Å². The molecule has 2 aromatic carbocycles. The molecular weight excluding hydrogens is 268 g/mol. The van der Waals surface area contributed by atoms with Crippen LogP contribution in [0.3, 0.4) is 0 Å². The van der Waals surface area contributed by atoms with E-state index in [0.717, 1.165) is 11.4 Å². The van der Waals surface area contributed by atoms with Gasteiger partial charge in [-0.1, -0.05) is 12.1 Å². The summed E-state index contributed by atoms with van der Waals surface area (Å²) < 4.78 is 5.06. The van der Waals surface area contributed by atoms with Gasteiger partial charge in [-0.2, -0.15) is 0 Å². The van der Waals surface area contributed by atoms with Gasteiger partial charge in [-0.25, -0.2) is 0 Å². The minimum absolute atomic E-state index is 0.0756. The van der Waals surface area contributed by atoms with Crippen LogP contribution in [0.1, 0.15) is 5.56 Å². The van der Waals surface area contributed by atoms with Gasteiger partial charge >= 0.3 is 0 Å². The zero-order chi connectivity index (χ0) is 15.1. The third-order valence-electron chi connectivity index (χ3n) is 2.79. The van der Waals surface area contributed by atoms with Crippen molar-refractivity contribution in [2.45, 2.75) is 0 Å². The van der Waals surface area contributed by atoms with Crippen molar-refractivity contribution in [1.29, 1.82) is 0 Å². The maximum absolute atomic E-state index is 10.9. The Labute approximate surface area is 122 Å². The second-order valence-electron chi connectivity index (χ2n) is 4.15. The zero-order valence-electron chi connectivity index (χ0n) is 11.5. The maximum atomic E-state index is 10.9. The molecule has 0 amide bonds. The lowest BCUT2D eigenvalue weighted by atomic mass is 10.1. The van der Waals surface area contributed by atoms with Crippen molar-refractivity contribution in [2.24, 2.45) is 4.99 Å². The van der Waals surface area contributed by atoms with Gasteiger partial charge in [0.1, 0.15) is 5.75 Å². The SMILES string of the molecule is COc1ccc(N=C/C=C/c2ccccc2[N+](=O)[O-])cc1. The first-order valence-electron chi connectivity index (χ1n) is 6.29. The second kappa shape index (κ2) is 7.00. The predicted molar refractivity (Wildman–Crippen MR) is 83.3 cm³/mol. The molecule has 2 rings (SSSR count). The van der Waals surface area contributed by atoms with E-state index >= 15 is 0 Å². The van der Waals surface area contributed by atoms with E-state index in [0.29, 0.717) is 5.56 Å². The van der Waals surface area contributed by atoms with E-state index in [9.17, 15) is 10.1 Å². The first kappa shape index (κ1) is 14.5. The Morgan fingerprint density at radius 3 is 2.52 bits per heavy atom. The summed E-state index contributed by atoms with van der Waals surface area (Å²) in [7, 11) is 1.60. The van der Waals surface area contributed by atoms with Crippen LogP contribution in [0.15, 0.2) is 59.6 Å². The van der Waals surface area contributed by atoms with Crippen molar-refractivity contribution < 1.29 is 9.66 Å². The number of para-hydroxylation sites is 1. The summed E-state index contributed by atoms with van der Waals surface area (Å²) in [5.41, 5.74) is 1.40. The summed E-state index contributed by atoms with van der Waals surface area (Å²) in [6.07, 6.45) is 4.93. The van der Waals surface area contributed by atoms with Gasteiger partial charge in [0.2, 0.25) is 0 Å². The van der Waals surface area contributed by atoms with E-state index < -0.39 is 4.92 Å². The molecule has 5 nitrogen and oxygen atoms in total. The van der Waals surface area contributed by atoms with Crippen molar-refractivity contribution in [3.63, 3.8) is 0 Å². The molecule has 0 unspecified atom stereocenters. The first-order valence-corrected chi connectivity index (χ1v) is 6.29. The van der Waals surface area contributed by atoms with Crippen molar-refractivity contribution in [1.82, 2.24) is 0 Å². The molecule has 0 aromatic heterocycles. The van der Waals surface area contributed by atoms with Crippen molar-refractivity contribution in [3.8, 4) is 5.75 Å². The number of nitro groups is 1. The summed E-state index contributed by atoms with van der Waals surface area (Å²) in [5, 5.41) is 10.9. The average molecular weight is 282 g/mol. The van der Waals surface area contributed by atoms with Crippen LogP contribution >= 0.6 is 0 Å². The Morgan fingerprint density at radius 2 is 1.86 bits per heavy atom. The van der Waals surface area contributed by atoms with E-state index in [1.54, 1.807) is 43.7 Å². The number of ether oxygens (including phenoxy) is 1. The standard InChI is InChI=1S/C16H14N2O3/c1-21-15-10-8-14(9-11-15)17-12-4-6-13-5-2-3-7-16(13)18(19)20/h2-12H,1H3/b6-4+,17-12?. The average Bonchev–Trinajstić information content (AvgIpc) is 2.52. The first-order chi connectivity index (χ1) is 10.2. The molecular formula is C16H14N2O3. The van der Waals surface area contributed by atoms with Crippen LogP contribution in [0.4, 0.5) is 11.4 Å². The summed E-state index contributed by atoms with van der Waals surface area (Å²) in [4.78, 5) is 14.7. The number of rotatable bonds is 5. The summed E-state index contributed by atoms with van der Waals surface area (Å²) in [6.45, 7) is 0. The van der Waals surface area contributed by atoms with Crippen molar-refractivity contribution in [3.05, 3.63) is 70.3 Å². The maximum Gasteiger partial charge on any atom is 0.276 e. The second-order valence-corrected chi connectivity index (χ2v) is 4.15. The van der Waals surface area contributed by atoms with E-state index in [-0.39, 0.29) is 5.69 Å². The number of hydrogen-bond acceptors (Lipinski definition) is 4. The smallest absolute Gasteiger partial charge is 0.276 e. The predicted octanol–water partition coefficient (Wildman–Crippen LogP) is 4.02. The molecule has 0 aliphatic heterocycles. The van der Waals surface area contributed by atoms with Gasteiger partial charge in [-0.15, -0.1) is 0 Å². The van der Waals surface area contributed by atoms with E-state index in [4.69, 9.17) is 4.74 Å². The lowest BCUT2D eigenvalue weighted by Gasteiger charge is -1.98. The Kier molecular flexibility index (Phi) is 4.82. The fraction of sp³-hybridized carbons (Fsp3) is 0.0625. The molecule has 0 fully saturated rings. The molecule has 0 spiro atoms. The molecule has 0 bridgehead atoms. The van der Waals surface area contributed by atoms with Gasteiger partial charge in [0.05, 0.1) is 23.3 Å². The van der Waals surface area contributed by atoms with Crippen LogP contribution in [-0.2, 0) is 0 Å². The van der Waals surface area contributed by atoms with E-state index in [1.165, 1.54) is 6.07 Å². The van der Waals surface area contributed by atoms with Gasteiger partial charge in [-0.3, -0.25) is 15.1 Å². The Morgan fingerprint density at radius 1 is 1.14 bits per heavy atom. The third-order valence-corrected chi connectivity index (χ3v) is 2.79. The molecule has 2 aromatic rings. The van der Waals surface area contributed by atoms with Crippen LogP contribution in [0.2, 0.25) is 0 Å². The zero-order valence-corrected chi connectivity index (χ0v) is 11.5. The third kappa shape index (κ3) is 4.01. The highest BCUT2D eigenvalue weighted by molar-refractivity contribution is 5.81. The minimum atomic E-state index is -0.402. The minimum Gasteiger partial charge on any atom is -0.497 e. The molecule has 0 atom stereocenters. The van der Waals surface area contributed by atoms with Crippen LogP contribution in [0.5, 0.6) is 5.75 Å². The topological polar surface area (TPSA) is 64.7 Å². The number of aliphatic imine (C=N–C) groups is 1. The normalized spacial score (nSPS) is 11.1. The van der Waals surface area contributed by atoms with Crippen LogP contribution in [0, 0.1) is 10.1 Å². The molecule has 0 N–H and O–H groups in total. The highest BCUT2D eigenvalue weighted by Gasteiger charge is 2.08. The van der Waals surface area contributed by atoms with Crippen molar-refractivity contribution >= 4 is 23.7 Å². The molecule has 5 heteroatoms. The molecule has 0 aliphatic rings. The van der Waals surface area contributed by atoms with Crippen LogP contribution in [0.25, 0.3) is 6.08 Å². The Balaban J connectivity index is 2.08. The summed E-state index contributed by atoms with van der Waals surface area (Å²) >= 11 is 0. The fourth-order valence-corrected chi connectivity index (χ4v) is 1.74. The molecule has 106 valence electrons. The van der Waals surface area contributed by atoms with Crippen molar-refractivity contribution in [2.75, 3.05) is 7.11 Å². The lowest BCUT2D eigenvalue weighted by Crippen LogP contribution is -1.90. The molecule has 0 saturated carbocycles. The molecule has 21 heavy (non-hydrogen) atoms. The molecule has 0 radical (unpaired) electrons. The number of hydrogen-bond donors (Lipinski definition) is 0. The highest BCUT2D eigenvalue weighted by atomic mass is 16.6. The summed E-state index contributed by atoms with van der Waals surface area (Å²) in [5.74, 6) is 0.768. The molecule has 0 aliphatic carbocycles. The highest BCUT2D eigenvalue weighted by Crippen LogP contribution is 2.19.